The zero-order valence-corrected chi connectivity index (χ0v) is 8.01. The van der Waals surface area contributed by atoms with Crippen LogP contribution in [0.15, 0.2) is 12.2 Å². The van der Waals surface area contributed by atoms with Crippen molar-refractivity contribution in [1.82, 2.24) is 0 Å². The van der Waals surface area contributed by atoms with Gasteiger partial charge in [0.2, 0.25) is 0 Å². The normalized spacial score (nSPS) is 17.1. The third kappa shape index (κ3) is 6.11. The minimum absolute atomic E-state index is 0.272. The van der Waals surface area contributed by atoms with Crippen molar-refractivity contribution in [3.05, 3.63) is 12.2 Å². The van der Waals surface area contributed by atoms with Crippen molar-refractivity contribution < 1.29 is 0 Å². The molecule has 0 aliphatic heterocycles. The molecule has 1 unspecified atom stereocenters. The van der Waals surface area contributed by atoms with Gasteiger partial charge in [0, 0.05) is 6.04 Å². The Kier molecular flexibility index (Phi) is 6.24. The highest BCUT2D eigenvalue weighted by molar-refractivity contribution is 4.93. The van der Waals surface area contributed by atoms with E-state index in [1.165, 1.54) is 12.8 Å². The molecule has 0 aliphatic carbocycles. The number of allylic oxidation sites excluding steroid dienone is 1. The Labute approximate surface area is 70.7 Å². The first kappa shape index (κ1) is 10.7. The van der Waals surface area contributed by atoms with Crippen LogP contribution in [0.5, 0.6) is 0 Å². The van der Waals surface area contributed by atoms with E-state index < -0.39 is 0 Å². The second-order valence-electron chi connectivity index (χ2n) is 3.22. The van der Waals surface area contributed by atoms with Crippen LogP contribution in [0, 0.1) is 5.92 Å². The monoisotopic (exact) mass is 155 g/mol. The molecule has 2 atom stereocenters. The van der Waals surface area contributed by atoms with Crippen LogP contribution < -0.4 is 5.73 Å². The van der Waals surface area contributed by atoms with E-state index in [1.54, 1.807) is 0 Å². The molecule has 66 valence electrons. The molecule has 0 aromatic rings. The van der Waals surface area contributed by atoms with Crippen molar-refractivity contribution in [3.8, 4) is 0 Å². The first-order valence-electron chi connectivity index (χ1n) is 4.64. The Balaban J connectivity index is 3.54. The summed E-state index contributed by atoms with van der Waals surface area (Å²) < 4.78 is 0. The van der Waals surface area contributed by atoms with Crippen LogP contribution >= 0.6 is 0 Å². The Bertz CT molecular complexity index is 107. The predicted octanol–water partition coefficient (Wildman–Crippen LogP) is 2.72. The van der Waals surface area contributed by atoms with E-state index in [-0.39, 0.29) is 6.04 Å². The molecule has 1 heteroatoms. The summed E-state index contributed by atoms with van der Waals surface area (Å²) in [7, 11) is 0. The summed E-state index contributed by atoms with van der Waals surface area (Å²) in [6.07, 6.45) is 7.84. The van der Waals surface area contributed by atoms with Crippen LogP contribution in [0.3, 0.4) is 0 Å². The van der Waals surface area contributed by atoms with E-state index in [4.69, 9.17) is 5.73 Å². The van der Waals surface area contributed by atoms with Gasteiger partial charge < -0.3 is 5.73 Å². The molecular formula is C10H21N. The highest BCUT2D eigenvalue weighted by Crippen LogP contribution is 2.03. The minimum atomic E-state index is 0.272. The minimum Gasteiger partial charge on any atom is -0.324 e. The molecule has 0 fully saturated rings. The van der Waals surface area contributed by atoms with Crippen molar-refractivity contribution in [1.29, 1.82) is 0 Å². The number of hydrogen-bond donors (Lipinski definition) is 1. The lowest BCUT2D eigenvalue weighted by Gasteiger charge is -2.05. The quantitative estimate of drug-likeness (QED) is 0.607. The second kappa shape index (κ2) is 6.41. The van der Waals surface area contributed by atoms with Crippen LogP contribution in [0.1, 0.15) is 40.0 Å². The van der Waals surface area contributed by atoms with Crippen molar-refractivity contribution in [2.75, 3.05) is 0 Å². The molecule has 1 nitrogen and oxygen atoms in total. The average Bonchev–Trinajstić information content (AvgIpc) is 2.01. The summed E-state index contributed by atoms with van der Waals surface area (Å²) in [4.78, 5) is 0. The molecule has 0 radical (unpaired) electrons. The highest BCUT2D eigenvalue weighted by Gasteiger charge is 1.95. The number of hydrogen-bond acceptors (Lipinski definition) is 1. The fourth-order valence-electron chi connectivity index (χ4n) is 0.898. The van der Waals surface area contributed by atoms with Crippen LogP contribution in [-0.4, -0.2) is 6.04 Å². The van der Waals surface area contributed by atoms with E-state index >= 15 is 0 Å². The van der Waals surface area contributed by atoms with Crippen LogP contribution in [0.25, 0.3) is 0 Å². The summed E-state index contributed by atoms with van der Waals surface area (Å²) in [6, 6.07) is 0.272. The SMILES string of the molecule is CCC[C@@H](N)/C=C/C(C)CC. The molecule has 0 amide bonds. The van der Waals surface area contributed by atoms with Crippen molar-refractivity contribution in [2.24, 2.45) is 11.7 Å². The maximum absolute atomic E-state index is 5.80. The number of rotatable bonds is 5. The molecule has 11 heavy (non-hydrogen) atoms. The zero-order chi connectivity index (χ0) is 8.69. The van der Waals surface area contributed by atoms with Gasteiger partial charge in [0.05, 0.1) is 0 Å². The highest BCUT2D eigenvalue weighted by atomic mass is 14.6. The van der Waals surface area contributed by atoms with Gasteiger partial charge in [-0.15, -0.1) is 0 Å². The predicted molar refractivity (Wildman–Crippen MR) is 51.5 cm³/mol. The Morgan fingerprint density at radius 1 is 1.27 bits per heavy atom. The summed E-state index contributed by atoms with van der Waals surface area (Å²) in [5.41, 5.74) is 5.80. The molecule has 0 saturated carbocycles. The third-order valence-corrected chi connectivity index (χ3v) is 1.95. The standard InChI is InChI=1S/C10H21N/c1-4-6-10(11)8-7-9(3)5-2/h7-10H,4-6,11H2,1-3H3/b8-7+/t9?,10-/m1/s1. The third-order valence-electron chi connectivity index (χ3n) is 1.95. The van der Waals surface area contributed by atoms with Crippen molar-refractivity contribution >= 4 is 0 Å². The molecule has 0 saturated heterocycles. The van der Waals surface area contributed by atoms with Crippen molar-refractivity contribution in [2.45, 2.75) is 46.1 Å². The Morgan fingerprint density at radius 2 is 1.91 bits per heavy atom. The van der Waals surface area contributed by atoms with E-state index in [0.717, 1.165) is 6.42 Å². The molecule has 0 aromatic carbocycles. The van der Waals surface area contributed by atoms with Gasteiger partial charge in [0.1, 0.15) is 0 Å². The lowest BCUT2D eigenvalue weighted by molar-refractivity contribution is 0.668. The van der Waals surface area contributed by atoms with E-state index in [1.807, 2.05) is 0 Å². The van der Waals surface area contributed by atoms with Crippen LogP contribution in [0.2, 0.25) is 0 Å². The van der Waals surface area contributed by atoms with Crippen LogP contribution in [0.4, 0.5) is 0 Å². The summed E-state index contributed by atoms with van der Waals surface area (Å²) in [6.45, 7) is 6.58. The van der Waals surface area contributed by atoms with Gasteiger partial charge in [-0.25, -0.2) is 0 Å². The maximum atomic E-state index is 5.80. The molecular weight excluding hydrogens is 134 g/mol. The summed E-state index contributed by atoms with van der Waals surface area (Å²) in [5.74, 6) is 0.679. The van der Waals surface area contributed by atoms with Gasteiger partial charge in [0.15, 0.2) is 0 Å². The molecule has 0 heterocycles. The Hall–Kier alpha value is -0.300. The fourth-order valence-corrected chi connectivity index (χ4v) is 0.898. The lowest BCUT2D eigenvalue weighted by atomic mass is 10.1. The molecule has 0 aliphatic rings. The van der Waals surface area contributed by atoms with Gasteiger partial charge >= 0.3 is 0 Å². The number of nitrogens with two attached hydrogens (primary N) is 1. The van der Waals surface area contributed by atoms with Crippen LogP contribution in [-0.2, 0) is 0 Å². The fraction of sp³-hybridized carbons (Fsp3) is 0.800. The largest absolute Gasteiger partial charge is 0.324 e. The molecule has 0 bridgehead atoms. The van der Waals surface area contributed by atoms with Gasteiger partial charge in [-0.3, -0.25) is 0 Å². The van der Waals surface area contributed by atoms with Gasteiger partial charge in [-0.1, -0.05) is 45.8 Å². The molecule has 0 spiro atoms. The lowest BCUT2D eigenvalue weighted by Crippen LogP contribution is -2.16. The van der Waals surface area contributed by atoms with Gasteiger partial charge in [-0.05, 0) is 12.3 Å². The maximum Gasteiger partial charge on any atom is 0.0223 e. The van der Waals surface area contributed by atoms with Gasteiger partial charge in [-0.2, -0.15) is 0 Å². The first-order chi connectivity index (χ1) is 5.20. The van der Waals surface area contributed by atoms with Gasteiger partial charge in [0.25, 0.3) is 0 Å². The second-order valence-corrected chi connectivity index (χ2v) is 3.22. The topological polar surface area (TPSA) is 26.0 Å². The van der Waals surface area contributed by atoms with E-state index in [0.29, 0.717) is 5.92 Å². The molecule has 0 aromatic heterocycles. The molecule has 0 rings (SSSR count). The summed E-state index contributed by atoms with van der Waals surface area (Å²) in [5, 5.41) is 0. The Morgan fingerprint density at radius 3 is 2.36 bits per heavy atom. The van der Waals surface area contributed by atoms with E-state index in [9.17, 15) is 0 Å². The van der Waals surface area contributed by atoms with E-state index in [2.05, 4.69) is 32.9 Å². The smallest absolute Gasteiger partial charge is 0.0223 e. The first-order valence-corrected chi connectivity index (χ1v) is 4.64. The summed E-state index contributed by atoms with van der Waals surface area (Å²) >= 11 is 0. The zero-order valence-electron chi connectivity index (χ0n) is 8.01. The average molecular weight is 155 g/mol. The van der Waals surface area contributed by atoms with Crippen molar-refractivity contribution in [3.63, 3.8) is 0 Å². The molecule has 2 N–H and O–H groups in total.